The molecule has 14 heteroatoms. The standard InChI is InChI=1S/C6Br3Cl2F9/c7-1(12,4(16,17)5(9,10)18)3(14,15)2(8,13)6(11,19)20/t1-,2-,5+/m0/s1. The first-order valence-electron chi connectivity index (χ1n) is 3.90. The van der Waals surface area contributed by atoms with Crippen LogP contribution in [0.1, 0.15) is 0 Å². The minimum absolute atomic E-state index is 1.01. The van der Waals surface area contributed by atoms with Gasteiger partial charge in [-0.15, -0.1) is 0 Å². The molecule has 0 fully saturated rings. The van der Waals surface area contributed by atoms with Crippen LogP contribution in [-0.4, -0.2) is 30.4 Å². The Morgan fingerprint density at radius 2 is 0.850 bits per heavy atom. The van der Waals surface area contributed by atoms with E-state index < -0.39 is 30.4 Å². The van der Waals surface area contributed by atoms with Crippen molar-refractivity contribution in [3.05, 3.63) is 0 Å². The molecule has 0 rings (SSSR count). The van der Waals surface area contributed by atoms with Crippen LogP contribution in [0, 0.1) is 0 Å². The summed E-state index contributed by atoms with van der Waals surface area (Å²) in [6.07, 6.45) is 0. The lowest BCUT2D eigenvalue weighted by Gasteiger charge is -2.42. The van der Waals surface area contributed by atoms with Gasteiger partial charge >= 0.3 is 25.8 Å². The minimum atomic E-state index is -6.27. The summed E-state index contributed by atoms with van der Waals surface area (Å²) in [5.41, 5.74) is 0. The smallest absolute Gasteiger partial charge is 0.217 e. The molecule has 20 heavy (non-hydrogen) atoms. The maximum Gasteiger partial charge on any atom is 0.371 e. The van der Waals surface area contributed by atoms with Crippen LogP contribution in [0.5, 0.6) is 0 Å². The van der Waals surface area contributed by atoms with Crippen molar-refractivity contribution < 1.29 is 39.5 Å². The summed E-state index contributed by atoms with van der Waals surface area (Å²) >= 11 is 11.7. The summed E-state index contributed by atoms with van der Waals surface area (Å²) in [5.74, 6) is -12.2. The highest BCUT2D eigenvalue weighted by Gasteiger charge is 2.85. The number of halogens is 14. The second-order valence-corrected chi connectivity index (χ2v) is 8.02. The highest BCUT2D eigenvalue weighted by molar-refractivity contribution is 9.11. The zero-order valence-corrected chi connectivity index (χ0v) is 14.6. The van der Waals surface area contributed by atoms with Crippen LogP contribution in [0.2, 0.25) is 0 Å². The van der Waals surface area contributed by atoms with Crippen molar-refractivity contribution in [3.63, 3.8) is 0 Å². The Bertz CT molecular complexity index is 337. The summed E-state index contributed by atoms with van der Waals surface area (Å²) in [4.78, 5) is 0. The lowest BCUT2D eigenvalue weighted by molar-refractivity contribution is -0.263. The van der Waals surface area contributed by atoms with Gasteiger partial charge in [-0.3, -0.25) is 0 Å². The van der Waals surface area contributed by atoms with E-state index in [1.807, 2.05) is 0 Å². The van der Waals surface area contributed by atoms with Gasteiger partial charge in [0.2, 0.25) is 0 Å². The average molecular weight is 554 g/mol. The van der Waals surface area contributed by atoms with Crippen molar-refractivity contribution in [3.8, 4) is 0 Å². The molecule has 0 aromatic carbocycles. The van der Waals surface area contributed by atoms with Crippen LogP contribution in [0.25, 0.3) is 0 Å². The second-order valence-electron chi connectivity index (χ2n) is 3.29. The summed E-state index contributed by atoms with van der Waals surface area (Å²) in [7, 11) is 0. The van der Waals surface area contributed by atoms with E-state index in [9.17, 15) is 39.5 Å². The van der Waals surface area contributed by atoms with Crippen LogP contribution in [0.15, 0.2) is 0 Å². The molecule has 0 bridgehead atoms. The average Bonchev–Trinajstić information content (AvgIpc) is 2.12. The monoisotopic (exact) mass is 550 g/mol. The lowest BCUT2D eigenvalue weighted by atomic mass is 10.0. The Morgan fingerprint density at radius 1 is 0.550 bits per heavy atom. The summed E-state index contributed by atoms with van der Waals surface area (Å²) < 4.78 is 102. The Hall–Kier alpha value is 1.39. The van der Waals surface area contributed by atoms with Crippen molar-refractivity contribution >= 4 is 71.0 Å². The third-order valence-corrected chi connectivity index (χ3v) is 5.11. The van der Waals surface area contributed by atoms with Gasteiger partial charge in [0.1, 0.15) is 0 Å². The third-order valence-electron chi connectivity index (χ3n) is 1.90. The van der Waals surface area contributed by atoms with Gasteiger partial charge in [-0.05, 0) is 59.4 Å². The van der Waals surface area contributed by atoms with E-state index in [1.165, 1.54) is 15.9 Å². The first kappa shape index (κ1) is 21.4. The molecule has 0 aliphatic carbocycles. The number of rotatable bonds is 5. The number of hydrogen-bond acceptors (Lipinski definition) is 0. The second kappa shape index (κ2) is 5.48. The molecule has 0 saturated carbocycles. The molecule has 0 heterocycles. The first-order chi connectivity index (χ1) is 8.25. The largest absolute Gasteiger partial charge is 0.371 e. The van der Waals surface area contributed by atoms with Crippen LogP contribution in [0.3, 0.4) is 0 Å². The Labute approximate surface area is 140 Å². The molecule has 0 aromatic rings. The Balaban J connectivity index is 6.08. The van der Waals surface area contributed by atoms with Crippen molar-refractivity contribution in [2.24, 2.45) is 0 Å². The molecule has 0 amide bonds. The SMILES string of the molecule is FC(F)(Cl)[C@](F)(Br)C(F)(F)[C@@](F)(Br)C(F)(F)[C@](F)(Cl)Br. The maximum absolute atomic E-state index is 13.6. The van der Waals surface area contributed by atoms with E-state index in [2.05, 4.69) is 23.2 Å². The highest BCUT2D eigenvalue weighted by Crippen LogP contribution is 2.64. The van der Waals surface area contributed by atoms with Crippen molar-refractivity contribution in [1.82, 2.24) is 0 Å². The van der Waals surface area contributed by atoms with Crippen LogP contribution in [-0.2, 0) is 0 Å². The van der Waals surface area contributed by atoms with Gasteiger partial charge in [0.15, 0.2) is 0 Å². The maximum atomic E-state index is 13.6. The molecule has 0 spiro atoms. The van der Waals surface area contributed by atoms with Gasteiger partial charge in [0, 0.05) is 0 Å². The van der Waals surface area contributed by atoms with E-state index in [1.54, 1.807) is 0 Å². The molecule has 122 valence electrons. The van der Waals surface area contributed by atoms with E-state index in [0.29, 0.717) is 0 Å². The summed E-state index contributed by atoms with van der Waals surface area (Å²) in [6, 6.07) is 0. The van der Waals surface area contributed by atoms with Crippen LogP contribution < -0.4 is 0 Å². The van der Waals surface area contributed by atoms with E-state index >= 15 is 0 Å². The van der Waals surface area contributed by atoms with Crippen LogP contribution >= 0.6 is 71.0 Å². The topological polar surface area (TPSA) is 0 Å². The lowest BCUT2D eigenvalue weighted by Crippen LogP contribution is -2.67. The van der Waals surface area contributed by atoms with E-state index in [-0.39, 0.29) is 0 Å². The quantitative estimate of drug-likeness (QED) is 0.271. The predicted octanol–water partition coefficient (Wildman–Crippen LogP) is 6.47. The Kier molecular flexibility index (Phi) is 5.86. The van der Waals surface area contributed by atoms with Crippen molar-refractivity contribution in [2.75, 3.05) is 0 Å². The van der Waals surface area contributed by atoms with Gasteiger partial charge in [-0.2, -0.15) is 26.3 Å². The van der Waals surface area contributed by atoms with Gasteiger partial charge < -0.3 is 0 Å². The fourth-order valence-corrected chi connectivity index (χ4v) is 2.74. The fourth-order valence-electron chi connectivity index (χ4n) is 0.750. The molecular formula is C6Br3Cl2F9. The molecule has 0 N–H and O–H groups in total. The number of hydrogen-bond donors (Lipinski definition) is 0. The predicted molar refractivity (Wildman–Crippen MR) is 64.8 cm³/mol. The van der Waals surface area contributed by atoms with Crippen molar-refractivity contribution in [2.45, 2.75) is 30.4 Å². The van der Waals surface area contributed by atoms with E-state index in [0.717, 1.165) is 31.9 Å². The normalized spacial score (nSPS) is 23.7. The fraction of sp³-hybridized carbons (Fsp3) is 1.00. The van der Waals surface area contributed by atoms with E-state index in [4.69, 9.17) is 0 Å². The summed E-state index contributed by atoms with van der Waals surface area (Å²) in [6.45, 7) is 0. The van der Waals surface area contributed by atoms with Crippen molar-refractivity contribution in [1.29, 1.82) is 0 Å². The Morgan fingerprint density at radius 3 is 1.05 bits per heavy atom. The zero-order valence-electron chi connectivity index (χ0n) is 8.29. The third kappa shape index (κ3) is 3.05. The molecular weight excluding hydrogens is 554 g/mol. The minimum Gasteiger partial charge on any atom is -0.217 e. The zero-order chi connectivity index (χ0) is 17.0. The molecule has 0 aromatic heterocycles. The highest BCUT2D eigenvalue weighted by atomic mass is 79.9. The van der Waals surface area contributed by atoms with Gasteiger partial charge in [-0.1, -0.05) is 11.6 Å². The molecule has 3 atom stereocenters. The number of alkyl halides is 14. The van der Waals surface area contributed by atoms with Crippen LogP contribution in [0.4, 0.5) is 39.5 Å². The van der Waals surface area contributed by atoms with Gasteiger partial charge in [0.25, 0.3) is 4.58 Å². The van der Waals surface area contributed by atoms with Gasteiger partial charge in [0.05, 0.1) is 0 Å². The molecule has 0 aliphatic rings. The van der Waals surface area contributed by atoms with Gasteiger partial charge in [-0.25, -0.2) is 13.2 Å². The molecule has 0 nitrogen and oxygen atoms in total. The molecule has 0 saturated heterocycles. The molecule has 0 radical (unpaired) electrons. The summed E-state index contributed by atoms with van der Waals surface area (Å²) in [5, 5.41) is -5.53. The molecule has 0 aliphatic heterocycles. The molecule has 0 unspecified atom stereocenters. The first-order valence-corrected chi connectivity index (χ1v) is 7.03.